The van der Waals surface area contributed by atoms with Gasteiger partial charge < -0.3 is 0 Å². The van der Waals surface area contributed by atoms with E-state index in [9.17, 15) is 4.79 Å². The first-order chi connectivity index (χ1) is 13.7. The number of hydrogen-bond donors (Lipinski definition) is 0. The summed E-state index contributed by atoms with van der Waals surface area (Å²) in [6, 6.07) is 0. The Hall–Kier alpha value is -0.850. The maximum absolute atomic E-state index is 12.1. The maximum atomic E-state index is 12.1. The smallest absolute Gasteiger partial charge is 0.133 e. The molecule has 3 fully saturated rings. The SMILES string of the molecule is CC(C)[C@@H](C)/C=C/[C@@H](C)[C@@H]1CC[C@@H]2C3=CC[C@@H]4CC(=O)CC[C@@]4(C)[C@@H]3CC[C@]21C. The minimum atomic E-state index is 0.385. The zero-order valence-corrected chi connectivity index (χ0v) is 19.8. The molecule has 0 aromatic rings. The molecule has 29 heavy (non-hydrogen) atoms. The number of Topliss-reactive ketones (excluding diaryl/α,β-unsaturated/α-hetero) is 1. The second kappa shape index (κ2) is 7.69. The van der Waals surface area contributed by atoms with Crippen LogP contribution >= 0.6 is 0 Å². The van der Waals surface area contributed by atoms with Gasteiger partial charge in [0, 0.05) is 12.8 Å². The molecular weight excluding hydrogens is 352 g/mol. The summed E-state index contributed by atoms with van der Waals surface area (Å²) in [5.41, 5.74) is 2.68. The second-order valence-electron chi connectivity index (χ2n) is 12.1. The van der Waals surface area contributed by atoms with Gasteiger partial charge in [-0.1, -0.05) is 65.3 Å². The number of carbonyl (C=O) groups excluding carboxylic acids is 1. The monoisotopic (exact) mass is 396 g/mol. The first-order valence-electron chi connectivity index (χ1n) is 12.6. The van der Waals surface area contributed by atoms with Gasteiger partial charge in [0.1, 0.15) is 5.78 Å². The number of carbonyl (C=O) groups is 1. The van der Waals surface area contributed by atoms with Gasteiger partial charge in [-0.15, -0.1) is 0 Å². The van der Waals surface area contributed by atoms with Crippen molar-refractivity contribution in [3.8, 4) is 0 Å². The zero-order chi connectivity index (χ0) is 21.0. The lowest BCUT2D eigenvalue weighted by atomic mass is 9.48. The van der Waals surface area contributed by atoms with Crippen molar-refractivity contribution in [2.75, 3.05) is 0 Å². The molecule has 0 spiro atoms. The summed E-state index contributed by atoms with van der Waals surface area (Å²) < 4.78 is 0. The highest BCUT2D eigenvalue weighted by Gasteiger charge is 2.57. The van der Waals surface area contributed by atoms with E-state index in [-0.39, 0.29) is 0 Å². The van der Waals surface area contributed by atoms with E-state index in [0.717, 1.165) is 49.4 Å². The fourth-order valence-electron chi connectivity index (χ4n) is 7.91. The van der Waals surface area contributed by atoms with Crippen molar-refractivity contribution in [1.82, 2.24) is 0 Å². The van der Waals surface area contributed by atoms with Crippen molar-refractivity contribution < 1.29 is 4.79 Å². The van der Waals surface area contributed by atoms with Gasteiger partial charge in [0.25, 0.3) is 0 Å². The minimum Gasteiger partial charge on any atom is -0.300 e. The molecule has 4 aliphatic carbocycles. The molecule has 0 heterocycles. The highest BCUT2D eigenvalue weighted by atomic mass is 16.1. The van der Waals surface area contributed by atoms with E-state index in [1.165, 1.54) is 25.7 Å². The Labute approximate surface area is 179 Å². The van der Waals surface area contributed by atoms with Gasteiger partial charge in [0.2, 0.25) is 0 Å². The van der Waals surface area contributed by atoms with Crippen LogP contribution in [-0.2, 0) is 4.79 Å². The fourth-order valence-corrected chi connectivity index (χ4v) is 7.91. The Balaban J connectivity index is 1.55. The van der Waals surface area contributed by atoms with Gasteiger partial charge in [-0.3, -0.25) is 4.79 Å². The van der Waals surface area contributed by atoms with Gasteiger partial charge in [0.05, 0.1) is 0 Å². The number of hydrogen-bond acceptors (Lipinski definition) is 1. The lowest BCUT2D eigenvalue weighted by molar-refractivity contribution is -0.127. The van der Waals surface area contributed by atoms with Crippen LogP contribution in [0.4, 0.5) is 0 Å². The van der Waals surface area contributed by atoms with Crippen molar-refractivity contribution in [2.24, 2.45) is 52.3 Å². The normalized spacial score (nSPS) is 44.2. The summed E-state index contributed by atoms with van der Waals surface area (Å²) in [7, 11) is 0. The van der Waals surface area contributed by atoms with Crippen LogP contribution in [0.5, 0.6) is 0 Å². The first-order valence-corrected chi connectivity index (χ1v) is 12.6. The standard InChI is InChI=1S/C28H44O/c1-18(2)19(3)7-8-20(4)24-11-12-25-23-10-9-21-17-22(29)13-15-27(21,5)26(23)14-16-28(24,25)6/h7-8,10,18-21,24-26H,9,11-17H2,1-6H3/b8-7+/t19-,20+,21+,24-,25+,26+,27+,28-/m0/s1. The van der Waals surface area contributed by atoms with Crippen LogP contribution in [0, 0.1) is 52.3 Å². The Morgan fingerprint density at radius 1 is 0.966 bits per heavy atom. The molecule has 0 saturated heterocycles. The Kier molecular flexibility index (Phi) is 5.67. The van der Waals surface area contributed by atoms with E-state index < -0.39 is 0 Å². The van der Waals surface area contributed by atoms with Crippen LogP contribution in [0.25, 0.3) is 0 Å². The third-order valence-corrected chi connectivity index (χ3v) is 10.4. The molecule has 1 nitrogen and oxygen atoms in total. The van der Waals surface area contributed by atoms with E-state index in [4.69, 9.17) is 0 Å². The van der Waals surface area contributed by atoms with Gasteiger partial charge >= 0.3 is 0 Å². The molecule has 0 bridgehead atoms. The zero-order valence-electron chi connectivity index (χ0n) is 19.8. The third kappa shape index (κ3) is 3.49. The Morgan fingerprint density at radius 3 is 2.41 bits per heavy atom. The van der Waals surface area contributed by atoms with Crippen LogP contribution in [0.1, 0.15) is 92.9 Å². The molecular formula is C28H44O. The molecule has 0 unspecified atom stereocenters. The van der Waals surface area contributed by atoms with Crippen molar-refractivity contribution in [3.63, 3.8) is 0 Å². The van der Waals surface area contributed by atoms with Crippen molar-refractivity contribution >= 4 is 5.78 Å². The number of allylic oxidation sites excluding steroid dienone is 4. The van der Waals surface area contributed by atoms with Gasteiger partial charge in [-0.05, 0) is 90.8 Å². The van der Waals surface area contributed by atoms with Crippen molar-refractivity contribution in [1.29, 1.82) is 0 Å². The molecule has 0 radical (unpaired) electrons. The van der Waals surface area contributed by atoms with Crippen LogP contribution in [0.3, 0.4) is 0 Å². The van der Waals surface area contributed by atoms with E-state index >= 15 is 0 Å². The minimum absolute atomic E-state index is 0.385. The van der Waals surface area contributed by atoms with Gasteiger partial charge in [-0.25, -0.2) is 0 Å². The van der Waals surface area contributed by atoms with Crippen LogP contribution < -0.4 is 0 Å². The summed E-state index contributed by atoms with van der Waals surface area (Å²) >= 11 is 0. The average Bonchev–Trinajstić information content (AvgIpc) is 3.03. The molecule has 0 amide bonds. The lowest BCUT2D eigenvalue weighted by Crippen LogP contribution is -2.49. The maximum Gasteiger partial charge on any atom is 0.133 e. The summed E-state index contributed by atoms with van der Waals surface area (Å²) in [6.07, 6.45) is 17.2. The van der Waals surface area contributed by atoms with Crippen LogP contribution in [0.2, 0.25) is 0 Å². The molecule has 3 saturated carbocycles. The van der Waals surface area contributed by atoms with E-state index in [1.807, 2.05) is 5.57 Å². The lowest BCUT2D eigenvalue weighted by Gasteiger charge is -2.57. The second-order valence-corrected chi connectivity index (χ2v) is 12.1. The van der Waals surface area contributed by atoms with E-state index in [2.05, 4.69) is 59.8 Å². The van der Waals surface area contributed by atoms with Crippen LogP contribution in [-0.4, -0.2) is 5.78 Å². The van der Waals surface area contributed by atoms with Gasteiger partial charge in [0.15, 0.2) is 0 Å². The highest BCUT2D eigenvalue weighted by molar-refractivity contribution is 5.79. The largest absolute Gasteiger partial charge is 0.300 e. The molecule has 1 heteroatoms. The Bertz CT molecular complexity index is 699. The number of fused-ring (bicyclic) bond motifs is 5. The van der Waals surface area contributed by atoms with Crippen molar-refractivity contribution in [2.45, 2.75) is 92.9 Å². The molecule has 0 N–H and O–H groups in total. The predicted molar refractivity (Wildman–Crippen MR) is 123 cm³/mol. The fraction of sp³-hybridized carbons (Fsp3) is 0.821. The summed E-state index contributed by atoms with van der Waals surface area (Å²) in [5.74, 6) is 5.57. The number of rotatable bonds is 4. The number of ketones is 1. The average molecular weight is 397 g/mol. The molecule has 8 atom stereocenters. The van der Waals surface area contributed by atoms with E-state index in [1.54, 1.807) is 0 Å². The summed E-state index contributed by atoms with van der Waals surface area (Å²) in [6.45, 7) is 14.7. The predicted octanol–water partition coefficient (Wildman–Crippen LogP) is 7.62. The van der Waals surface area contributed by atoms with Crippen LogP contribution in [0.15, 0.2) is 23.8 Å². The summed E-state index contributed by atoms with van der Waals surface area (Å²) in [4.78, 5) is 12.1. The molecule has 162 valence electrons. The molecule has 4 aliphatic rings. The van der Waals surface area contributed by atoms with Crippen molar-refractivity contribution in [3.05, 3.63) is 23.8 Å². The first kappa shape index (κ1) is 21.4. The molecule has 0 aromatic carbocycles. The van der Waals surface area contributed by atoms with Gasteiger partial charge in [-0.2, -0.15) is 0 Å². The summed E-state index contributed by atoms with van der Waals surface area (Å²) in [5, 5.41) is 0. The third-order valence-electron chi connectivity index (χ3n) is 10.4. The molecule has 0 aromatic heterocycles. The highest BCUT2D eigenvalue weighted by Crippen LogP contribution is 2.66. The Morgan fingerprint density at radius 2 is 1.69 bits per heavy atom. The topological polar surface area (TPSA) is 17.1 Å². The quantitative estimate of drug-likeness (QED) is 0.447. The molecule has 0 aliphatic heterocycles. The van der Waals surface area contributed by atoms with E-state index in [0.29, 0.717) is 34.4 Å². The molecule has 4 rings (SSSR count).